The summed E-state index contributed by atoms with van der Waals surface area (Å²) < 4.78 is 0. The maximum Gasteiger partial charge on any atom is 5.00 e. The summed E-state index contributed by atoms with van der Waals surface area (Å²) in [4.78, 5) is 9.79. The molecule has 0 bridgehead atoms. The molecule has 0 atom stereocenters. The number of nitrogens with zero attached hydrogens (tertiary/aromatic N) is 4. The van der Waals surface area contributed by atoms with Crippen molar-refractivity contribution in [1.82, 2.24) is 9.97 Å². The van der Waals surface area contributed by atoms with Gasteiger partial charge in [-0.05, 0) is 130 Å². The Morgan fingerprint density at radius 1 is 0.350 bits per heavy atom. The molecule has 314 valence electrons. The summed E-state index contributed by atoms with van der Waals surface area (Å²) in [5, 5.41) is 10.0. The summed E-state index contributed by atoms with van der Waals surface area (Å²) >= 11 is 0. The number of hydrogen-bond donors (Lipinski definition) is 0. The molecule has 6 aromatic rings. The van der Waals surface area contributed by atoms with E-state index in [-0.39, 0.29) is 56.6 Å². The molecule has 10 heteroatoms. The molecule has 0 aliphatic rings. The molecule has 0 aliphatic carbocycles. The molecule has 60 heavy (non-hydrogen) atoms. The van der Waals surface area contributed by atoms with Gasteiger partial charge in [-0.15, -0.1) is 0 Å². The van der Waals surface area contributed by atoms with Crippen molar-refractivity contribution < 1.29 is 56.6 Å². The van der Waals surface area contributed by atoms with Crippen molar-refractivity contribution >= 4 is 23.0 Å². The van der Waals surface area contributed by atoms with Gasteiger partial charge < -0.3 is 42.5 Å². The summed E-state index contributed by atoms with van der Waals surface area (Å²) in [7, 11) is 0. The van der Waals surface area contributed by atoms with E-state index in [2.05, 4.69) is 180 Å². The number of aromatic nitrogens is 2. The normalized spacial score (nSPS) is 10.1. The minimum Gasteiger partial charge on any atom is -2.00 e. The molecule has 0 fully saturated rings. The zero-order chi connectivity index (χ0) is 39.1. The minimum absolute atomic E-state index is 0. The van der Waals surface area contributed by atoms with Gasteiger partial charge in [0.05, 0.1) is 0 Å². The molecule has 4 aromatic carbocycles. The molecule has 2 aromatic heterocycles. The van der Waals surface area contributed by atoms with Crippen LogP contribution < -0.4 is 0 Å². The van der Waals surface area contributed by atoms with Crippen molar-refractivity contribution in [2.24, 2.45) is 0 Å². The second-order valence-corrected chi connectivity index (χ2v) is 15.7. The molecule has 6 rings (SSSR count). The molecule has 0 saturated carbocycles. The third-order valence-electron chi connectivity index (χ3n) is 10.1. The van der Waals surface area contributed by atoms with Gasteiger partial charge in [-0.25, -0.2) is 0 Å². The van der Waals surface area contributed by atoms with Crippen LogP contribution in [0.2, 0.25) is 0 Å². The first-order valence-electron chi connectivity index (χ1n) is 19.5. The largest absolute Gasteiger partial charge is 5.00 e. The van der Waals surface area contributed by atoms with E-state index in [1.165, 1.54) is 55.6 Å². The van der Waals surface area contributed by atoms with Gasteiger partial charge >= 0.3 is 34.7 Å². The van der Waals surface area contributed by atoms with Crippen LogP contribution in [0.15, 0.2) is 109 Å². The summed E-state index contributed by atoms with van der Waals surface area (Å²) in [6.45, 7) is 26.3. The third kappa shape index (κ3) is 13.9. The molecule has 2 heterocycles. The van der Waals surface area contributed by atoms with Crippen molar-refractivity contribution in [3.63, 3.8) is 0 Å². The zero-order valence-corrected chi connectivity index (χ0v) is 39.5. The van der Waals surface area contributed by atoms with E-state index in [1.807, 2.05) is 12.1 Å². The third-order valence-corrected chi connectivity index (χ3v) is 10.1. The second-order valence-electron chi connectivity index (χ2n) is 15.7. The average molecular weight is 883 g/mol. The van der Waals surface area contributed by atoms with Crippen LogP contribution in [0.3, 0.4) is 0 Å². The van der Waals surface area contributed by atoms with Crippen LogP contribution in [0.1, 0.15) is 124 Å². The Bertz CT molecular complexity index is 1970. The number of aryl methyl sites for hydroxylation is 4. The van der Waals surface area contributed by atoms with Crippen molar-refractivity contribution in [3.05, 3.63) is 164 Å². The van der Waals surface area contributed by atoms with Crippen molar-refractivity contribution in [1.29, 1.82) is 0 Å². The van der Waals surface area contributed by atoms with E-state index in [4.69, 9.17) is 20.6 Å². The fourth-order valence-electron chi connectivity index (χ4n) is 7.20. The van der Waals surface area contributed by atoms with Crippen LogP contribution in [-0.2, 0) is 56.6 Å². The predicted molar refractivity (Wildman–Crippen MR) is 236 cm³/mol. The van der Waals surface area contributed by atoms with Gasteiger partial charge in [0.2, 0.25) is 0 Å². The number of para-hydroxylation sites is 2. The fraction of sp³-hybridized carbons (Fsp3) is 0.320. The van der Waals surface area contributed by atoms with Gasteiger partial charge in [0.25, 0.3) is 0 Å². The average Bonchev–Trinajstić information content (AvgIpc) is 3.12. The van der Waals surface area contributed by atoms with Crippen LogP contribution in [0.5, 0.6) is 0 Å². The topological polar surface area (TPSA) is 168 Å². The first kappa shape index (κ1) is 57.8. The first-order chi connectivity index (χ1) is 25.8. The predicted octanol–water partition coefficient (Wildman–Crippen LogP) is 15.4. The molecule has 0 aliphatic heterocycles. The Morgan fingerprint density at radius 2 is 0.583 bits per heavy atom. The second kappa shape index (κ2) is 26.1. The van der Waals surface area contributed by atoms with E-state index >= 15 is 0 Å². The molecular formula is C50H58Cr2N4O4. The Labute approximate surface area is 381 Å². The molecule has 0 spiro atoms. The van der Waals surface area contributed by atoms with Gasteiger partial charge in [-0.1, -0.05) is 176 Å². The molecule has 0 saturated heterocycles. The minimum atomic E-state index is 0. The Morgan fingerprint density at radius 3 is 0.833 bits per heavy atom. The van der Waals surface area contributed by atoms with Crippen molar-refractivity contribution in [2.75, 3.05) is 0 Å². The quantitative estimate of drug-likeness (QED) is 0.134. The van der Waals surface area contributed by atoms with Gasteiger partial charge in [-0.3, -0.25) is 0 Å². The van der Waals surface area contributed by atoms with Gasteiger partial charge in [0, 0.05) is 0 Å². The Balaban J connectivity index is 0. The molecule has 0 N–H and O–H groups in total. The fourth-order valence-corrected chi connectivity index (χ4v) is 7.20. The van der Waals surface area contributed by atoms with E-state index in [0.29, 0.717) is 23.7 Å². The first-order valence-corrected chi connectivity index (χ1v) is 19.5. The zero-order valence-electron chi connectivity index (χ0n) is 36.9. The molecule has 8 nitrogen and oxygen atoms in total. The molecule has 2 radical (unpaired) electrons. The summed E-state index contributed by atoms with van der Waals surface area (Å²) in [6.07, 6.45) is 0. The van der Waals surface area contributed by atoms with Crippen LogP contribution >= 0.6 is 0 Å². The number of pyridine rings is 2. The number of rotatable bonds is 10. The van der Waals surface area contributed by atoms with E-state index in [9.17, 15) is 0 Å². The maximum atomic E-state index is 5.02. The Hall–Kier alpha value is -4.32. The smallest absolute Gasteiger partial charge is 2.00 e. The van der Waals surface area contributed by atoms with Gasteiger partial charge in [0.1, 0.15) is 0 Å². The number of benzene rings is 4. The van der Waals surface area contributed by atoms with E-state index in [1.54, 1.807) is 0 Å². The van der Waals surface area contributed by atoms with Crippen LogP contribution in [0.4, 0.5) is 23.0 Å². The summed E-state index contributed by atoms with van der Waals surface area (Å²) in [5.74, 6) is 3.22. The monoisotopic (exact) mass is 882 g/mol. The van der Waals surface area contributed by atoms with Crippen molar-refractivity contribution in [3.8, 4) is 22.5 Å². The van der Waals surface area contributed by atoms with Gasteiger partial charge in [0.15, 0.2) is 0 Å². The van der Waals surface area contributed by atoms with Crippen LogP contribution in [0.25, 0.3) is 33.1 Å². The van der Waals surface area contributed by atoms with Crippen molar-refractivity contribution in [2.45, 2.75) is 107 Å². The van der Waals surface area contributed by atoms with E-state index < -0.39 is 0 Å². The molecular weight excluding hydrogens is 825 g/mol. The number of hydrogen-bond acceptors (Lipinski definition) is 2. The summed E-state index contributed by atoms with van der Waals surface area (Å²) in [5.41, 5.74) is 16.6. The van der Waals surface area contributed by atoms with Crippen LogP contribution in [0, 0.1) is 27.7 Å². The maximum absolute atomic E-state index is 5.02. The SMILES string of the molecule is Cc1cccc(C)c1-c1cccc([N-]c2c(C(C)C)cccc2C(C)C)n1.Cc1cccc(C)c1-c1cccc([N-]c2c(C(C)C)cccc2C(C)C)n1.[Cr+5].[Cr+5].[O-2].[O-2].[O-2].[O-2]. The van der Waals surface area contributed by atoms with Crippen LogP contribution in [-0.4, -0.2) is 9.97 Å². The standard InChI is InChI=1S/2C25H29N2.2Cr.4O/c2*1-16(2)20-12-8-13-21(17(3)4)25(20)27-23-15-9-14-22(26-23)24-18(5)10-7-11-19(24)6;;;;;;/h2*7-17H,1-6H3;;;;;;/q2*-1;2*+5;4*-2. The van der Waals surface area contributed by atoms with E-state index in [0.717, 1.165) is 34.4 Å². The molecule has 0 unspecified atom stereocenters. The Kier molecular flexibility index (Phi) is 25.1. The van der Waals surface area contributed by atoms with Gasteiger partial charge in [-0.2, -0.15) is 0 Å². The molecule has 0 amide bonds. The summed E-state index contributed by atoms with van der Waals surface area (Å²) in [6, 6.07) is 38.0.